The molecule has 148 valence electrons. The van der Waals surface area contributed by atoms with E-state index in [0.717, 1.165) is 9.35 Å². The summed E-state index contributed by atoms with van der Waals surface area (Å²) in [5.41, 5.74) is -0.558. The quantitative estimate of drug-likeness (QED) is 0.536. The Balaban J connectivity index is 1.73. The molecule has 0 saturated heterocycles. The van der Waals surface area contributed by atoms with E-state index in [0.29, 0.717) is 29.1 Å². The third-order valence-corrected chi connectivity index (χ3v) is 6.37. The predicted molar refractivity (Wildman–Crippen MR) is 115 cm³/mol. The van der Waals surface area contributed by atoms with Crippen molar-refractivity contribution >= 4 is 44.6 Å². The Morgan fingerprint density at radius 2 is 2.00 bits per heavy atom. The predicted octanol–water partition coefficient (Wildman–Crippen LogP) is 4.53. The van der Waals surface area contributed by atoms with Gasteiger partial charge in [-0.05, 0) is 41.8 Å². The summed E-state index contributed by atoms with van der Waals surface area (Å²) in [5.74, 6) is -0.444. The molecule has 0 aliphatic carbocycles. The summed E-state index contributed by atoms with van der Waals surface area (Å²) in [4.78, 5) is 28.9. The molecule has 1 unspecified atom stereocenters. The molecule has 1 aliphatic rings. The average molecular weight is 472 g/mol. The molecule has 1 aromatic heterocycles. The number of ketones is 1. The number of halogens is 1. The maximum atomic E-state index is 13.3. The number of rotatable bonds is 6. The number of Topliss-reactive ketones (excluding diaryl/α,β-unsaturated/α-hetero) is 1. The lowest BCUT2D eigenvalue weighted by atomic mass is 9.88. The average Bonchev–Trinajstić information content (AvgIpc) is 3.30. The number of nitrogens with zero attached hydrogens (tertiary/aromatic N) is 1. The maximum Gasteiger partial charge on any atom is 0.264 e. The maximum absolute atomic E-state index is 13.3. The fourth-order valence-corrected chi connectivity index (χ4v) is 4.67. The van der Waals surface area contributed by atoms with E-state index in [-0.39, 0.29) is 12.2 Å². The molecule has 0 bridgehead atoms. The minimum Gasteiger partial charge on any atom is -0.496 e. The van der Waals surface area contributed by atoms with Gasteiger partial charge in [0.05, 0.1) is 31.3 Å². The molecule has 0 spiro atoms. The highest BCUT2D eigenvalue weighted by Gasteiger charge is 2.51. The number of aliphatic hydroxyl groups is 1. The van der Waals surface area contributed by atoms with Crippen molar-refractivity contribution in [2.45, 2.75) is 18.6 Å². The van der Waals surface area contributed by atoms with Crippen LogP contribution in [0.5, 0.6) is 5.75 Å². The molecule has 0 fully saturated rings. The van der Waals surface area contributed by atoms with E-state index < -0.39 is 11.5 Å². The summed E-state index contributed by atoms with van der Waals surface area (Å²) in [6, 6.07) is 16.0. The number of methoxy groups -OCH3 is 1. The third-order valence-electron chi connectivity index (χ3n) is 5.01. The summed E-state index contributed by atoms with van der Waals surface area (Å²) in [7, 11) is 1.48. The number of hydrogen-bond donors (Lipinski definition) is 1. The van der Waals surface area contributed by atoms with E-state index in [1.165, 1.54) is 18.4 Å². The molecule has 4 rings (SSSR count). The summed E-state index contributed by atoms with van der Waals surface area (Å²) in [6.07, 6.45) is -0.364. The normalized spacial score (nSPS) is 18.0. The molecule has 1 aliphatic heterocycles. The van der Waals surface area contributed by atoms with Crippen molar-refractivity contribution in [3.05, 3.63) is 80.5 Å². The number of fused-ring (bicyclic) bond motifs is 1. The van der Waals surface area contributed by atoms with Gasteiger partial charge in [0.1, 0.15) is 5.75 Å². The molecule has 0 radical (unpaired) electrons. The van der Waals surface area contributed by atoms with Gasteiger partial charge in [0.25, 0.3) is 5.91 Å². The van der Waals surface area contributed by atoms with Gasteiger partial charge >= 0.3 is 0 Å². The zero-order valence-electron chi connectivity index (χ0n) is 15.6. The Bertz CT molecular complexity index is 1080. The minimum atomic E-state index is -1.94. The highest BCUT2D eigenvalue weighted by atomic mass is 79.9. The van der Waals surface area contributed by atoms with Crippen molar-refractivity contribution in [2.24, 2.45) is 0 Å². The number of benzene rings is 2. The van der Waals surface area contributed by atoms with Gasteiger partial charge in [0, 0.05) is 14.9 Å². The van der Waals surface area contributed by atoms with Crippen LogP contribution in [0.2, 0.25) is 0 Å². The van der Waals surface area contributed by atoms with Crippen LogP contribution in [-0.2, 0) is 16.9 Å². The number of para-hydroxylation sites is 1. The lowest BCUT2D eigenvalue weighted by Gasteiger charge is -2.23. The molecule has 7 heteroatoms. The van der Waals surface area contributed by atoms with Crippen molar-refractivity contribution in [3.63, 3.8) is 0 Å². The Hall–Kier alpha value is -2.48. The molecular weight excluding hydrogens is 454 g/mol. The van der Waals surface area contributed by atoms with E-state index in [1.807, 2.05) is 23.6 Å². The Labute approximate surface area is 180 Å². The molecule has 5 nitrogen and oxygen atoms in total. The van der Waals surface area contributed by atoms with E-state index in [9.17, 15) is 14.7 Å². The number of carbonyl (C=O) groups excluding carboxylic acids is 2. The van der Waals surface area contributed by atoms with E-state index in [1.54, 1.807) is 41.3 Å². The van der Waals surface area contributed by atoms with Gasteiger partial charge in [0.2, 0.25) is 0 Å². The summed E-state index contributed by atoms with van der Waals surface area (Å²) in [6.45, 7) is 0.344. The largest absolute Gasteiger partial charge is 0.496 e. The van der Waals surface area contributed by atoms with Crippen LogP contribution in [0.1, 0.15) is 27.2 Å². The van der Waals surface area contributed by atoms with Crippen molar-refractivity contribution in [1.29, 1.82) is 0 Å². The molecule has 1 amide bonds. The van der Waals surface area contributed by atoms with Crippen LogP contribution >= 0.6 is 27.3 Å². The van der Waals surface area contributed by atoms with Crippen molar-refractivity contribution in [3.8, 4) is 5.75 Å². The Morgan fingerprint density at radius 1 is 1.21 bits per heavy atom. The van der Waals surface area contributed by atoms with E-state index >= 15 is 0 Å². The molecule has 29 heavy (non-hydrogen) atoms. The number of anilines is 1. The Morgan fingerprint density at radius 3 is 2.72 bits per heavy atom. The first kappa shape index (κ1) is 19.8. The molecule has 2 heterocycles. The molecule has 1 N–H and O–H groups in total. The van der Waals surface area contributed by atoms with Crippen LogP contribution < -0.4 is 9.64 Å². The summed E-state index contributed by atoms with van der Waals surface area (Å²) in [5, 5.41) is 13.4. The van der Waals surface area contributed by atoms with Gasteiger partial charge in [-0.1, -0.05) is 34.1 Å². The Kier molecular flexibility index (Phi) is 5.29. The fraction of sp³-hybridized carbons (Fsp3) is 0.182. The number of thiophene rings is 1. The number of amides is 1. The van der Waals surface area contributed by atoms with E-state index in [2.05, 4.69) is 15.9 Å². The van der Waals surface area contributed by atoms with E-state index in [4.69, 9.17) is 4.74 Å². The highest BCUT2D eigenvalue weighted by molar-refractivity contribution is 9.10. The van der Waals surface area contributed by atoms with Gasteiger partial charge in [-0.25, -0.2) is 0 Å². The van der Waals surface area contributed by atoms with Crippen LogP contribution in [0.3, 0.4) is 0 Å². The minimum absolute atomic E-state index is 0.337. The molecule has 2 aromatic carbocycles. The highest BCUT2D eigenvalue weighted by Crippen LogP contribution is 2.45. The zero-order valence-corrected chi connectivity index (χ0v) is 18.0. The van der Waals surface area contributed by atoms with Gasteiger partial charge in [0.15, 0.2) is 11.4 Å². The first-order valence-electron chi connectivity index (χ1n) is 8.97. The smallest absolute Gasteiger partial charge is 0.264 e. The van der Waals surface area contributed by atoms with Gasteiger partial charge in [-0.3, -0.25) is 9.59 Å². The van der Waals surface area contributed by atoms with Crippen LogP contribution in [0, 0.1) is 0 Å². The SMILES string of the molecule is COc1ccccc1C(=O)CC1(O)C(=O)N(Cc2cccs2)c2ccc(Br)cc21. The number of carbonyl (C=O) groups is 2. The standard InChI is InChI=1S/C22H18BrNO4S/c1-28-20-7-3-2-6-16(20)19(25)12-22(27)17-11-14(23)8-9-18(17)24(21(22)26)13-15-5-4-10-29-15/h2-11,27H,12-13H2,1H3. The lowest BCUT2D eigenvalue weighted by Crippen LogP contribution is -2.41. The monoisotopic (exact) mass is 471 g/mol. The van der Waals surface area contributed by atoms with Crippen LogP contribution in [-0.4, -0.2) is 23.9 Å². The second-order valence-corrected chi connectivity index (χ2v) is 8.74. The van der Waals surface area contributed by atoms with Crippen LogP contribution in [0.25, 0.3) is 0 Å². The second-order valence-electron chi connectivity index (χ2n) is 6.79. The first-order valence-corrected chi connectivity index (χ1v) is 10.6. The number of ether oxygens (including phenoxy) is 1. The first-order chi connectivity index (χ1) is 13.9. The van der Waals surface area contributed by atoms with Crippen LogP contribution in [0.15, 0.2) is 64.5 Å². The molecule has 1 atom stereocenters. The fourth-order valence-electron chi connectivity index (χ4n) is 3.61. The van der Waals surface area contributed by atoms with Crippen molar-refractivity contribution in [1.82, 2.24) is 0 Å². The van der Waals surface area contributed by atoms with Gasteiger partial charge in [-0.15, -0.1) is 11.3 Å². The second kappa shape index (κ2) is 7.74. The summed E-state index contributed by atoms with van der Waals surface area (Å²) < 4.78 is 5.99. The van der Waals surface area contributed by atoms with Gasteiger partial charge in [-0.2, -0.15) is 0 Å². The summed E-state index contributed by atoms with van der Waals surface area (Å²) >= 11 is 4.94. The zero-order chi connectivity index (χ0) is 20.6. The third kappa shape index (κ3) is 3.50. The van der Waals surface area contributed by atoms with Gasteiger partial charge < -0.3 is 14.7 Å². The topological polar surface area (TPSA) is 66.8 Å². The van der Waals surface area contributed by atoms with Crippen molar-refractivity contribution in [2.75, 3.05) is 12.0 Å². The molecular formula is C22H18BrNO4S. The number of hydrogen-bond acceptors (Lipinski definition) is 5. The molecule has 3 aromatic rings. The van der Waals surface area contributed by atoms with Crippen molar-refractivity contribution < 1.29 is 19.4 Å². The van der Waals surface area contributed by atoms with Crippen LogP contribution in [0.4, 0.5) is 5.69 Å². The lowest BCUT2D eigenvalue weighted by molar-refractivity contribution is -0.136. The molecule has 0 saturated carbocycles.